The van der Waals surface area contributed by atoms with Gasteiger partial charge in [-0.1, -0.05) is 27.7 Å². The smallest absolute Gasteiger partial charge is 0.166 e. The van der Waals surface area contributed by atoms with E-state index in [2.05, 4.69) is 0 Å². The standard InChI is InChI=1S/C16H21FO2/c1-6-10(4)16(19)15-12(11(5)18)7-8-13(17)14(15)9(2)3/h7-10H,6H2,1-5H3. The molecule has 0 aliphatic rings. The molecule has 104 valence electrons. The van der Waals surface area contributed by atoms with Gasteiger partial charge in [-0.2, -0.15) is 0 Å². The SMILES string of the molecule is CCC(C)C(=O)c1c(C(C)=O)ccc(F)c1C(C)C. The van der Waals surface area contributed by atoms with Gasteiger partial charge in [0.1, 0.15) is 5.82 Å². The fraction of sp³-hybridized carbons (Fsp3) is 0.500. The largest absolute Gasteiger partial charge is 0.294 e. The van der Waals surface area contributed by atoms with Crippen LogP contribution in [0.3, 0.4) is 0 Å². The molecule has 1 atom stereocenters. The summed E-state index contributed by atoms with van der Waals surface area (Å²) < 4.78 is 14.0. The first-order valence-electron chi connectivity index (χ1n) is 6.68. The minimum Gasteiger partial charge on any atom is -0.294 e. The van der Waals surface area contributed by atoms with Crippen LogP contribution in [0.5, 0.6) is 0 Å². The summed E-state index contributed by atoms with van der Waals surface area (Å²) >= 11 is 0. The van der Waals surface area contributed by atoms with Crippen molar-refractivity contribution in [3.05, 3.63) is 34.6 Å². The quantitative estimate of drug-likeness (QED) is 0.739. The highest BCUT2D eigenvalue weighted by Gasteiger charge is 2.26. The summed E-state index contributed by atoms with van der Waals surface area (Å²) in [5.41, 5.74) is 0.963. The predicted octanol–water partition coefficient (Wildman–Crippen LogP) is 4.38. The molecule has 0 spiro atoms. The molecule has 1 rings (SSSR count). The van der Waals surface area contributed by atoms with E-state index in [0.29, 0.717) is 17.5 Å². The van der Waals surface area contributed by atoms with Gasteiger partial charge in [0, 0.05) is 22.6 Å². The summed E-state index contributed by atoms with van der Waals surface area (Å²) in [5, 5.41) is 0. The number of carbonyl (C=O) groups is 2. The van der Waals surface area contributed by atoms with E-state index in [1.165, 1.54) is 19.1 Å². The zero-order valence-corrected chi connectivity index (χ0v) is 12.2. The highest BCUT2D eigenvalue weighted by molar-refractivity contribution is 6.09. The van der Waals surface area contributed by atoms with Gasteiger partial charge in [-0.05, 0) is 31.4 Å². The first kappa shape index (κ1) is 15.5. The third kappa shape index (κ3) is 3.09. The van der Waals surface area contributed by atoms with E-state index in [9.17, 15) is 14.0 Å². The van der Waals surface area contributed by atoms with Crippen molar-refractivity contribution in [2.75, 3.05) is 0 Å². The summed E-state index contributed by atoms with van der Waals surface area (Å²) in [6, 6.07) is 2.69. The van der Waals surface area contributed by atoms with Crippen LogP contribution in [0.1, 0.15) is 73.2 Å². The molecule has 0 saturated carbocycles. The van der Waals surface area contributed by atoms with Crippen LogP contribution in [-0.4, -0.2) is 11.6 Å². The second-order valence-electron chi connectivity index (χ2n) is 5.27. The molecule has 0 N–H and O–H groups in total. The first-order chi connectivity index (χ1) is 8.81. The molecule has 0 aliphatic carbocycles. The highest BCUT2D eigenvalue weighted by Crippen LogP contribution is 2.29. The Morgan fingerprint density at radius 3 is 2.21 bits per heavy atom. The van der Waals surface area contributed by atoms with Gasteiger partial charge in [-0.15, -0.1) is 0 Å². The van der Waals surface area contributed by atoms with Crippen molar-refractivity contribution in [2.45, 2.75) is 47.0 Å². The molecule has 3 heteroatoms. The molecule has 0 radical (unpaired) electrons. The van der Waals surface area contributed by atoms with Gasteiger partial charge in [0.05, 0.1) is 0 Å². The number of carbonyl (C=O) groups excluding carboxylic acids is 2. The minimum absolute atomic E-state index is 0.137. The lowest BCUT2D eigenvalue weighted by molar-refractivity contribution is 0.0914. The summed E-state index contributed by atoms with van der Waals surface area (Å²) in [4.78, 5) is 24.2. The van der Waals surface area contributed by atoms with Crippen LogP contribution < -0.4 is 0 Å². The number of benzene rings is 1. The van der Waals surface area contributed by atoms with Crippen LogP contribution in [0.2, 0.25) is 0 Å². The number of rotatable bonds is 5. The van der Waals surface area contributed by atoms with Crippen LogP contribution >= 0.6 is 0 Å². The van der Waals surface area contributed by atoms with Crippen LogP contribution in [0.4, 0.5) is 4.39 Å². The summed E-state index contributed by atoms with van der Waals surface area (Å²) in [6.07, 6.45) is 0.671. The average Bonchev–Trinajstić information content (AvgIpc) is 2.35. The Kier molecular flexibility index (Phi) is 4.98. The third-order valence-electron chi connectivity index (χ3n) is 3.46. The van der Waals surface area contributed by atoms with Gasteiger partial charge >= 0.3 is 0 Å². The van der Waals surface area contributed by atoms with Crippen molar-refractivity contribution in [3.8, 4) is 0 Å². The lowest BCUT2D eigenvalue weighted by Gasteiger charge is -2.18. The molecule has 0 heterocycles. The summed E-state index contributed by atoms with van der Waals surface area (Å²) in [7, 11) is 0. The van der Waals surface area contributed by atoms with Crippen LogP contribution in [0, 0.1) is 11.7 Å². The lowest BCUT2D eigenvalue weighted by Crippen LogP contribution is -2.18. The summed E-state index contributed by atoms with van der Waals surface area (Å²) in [6.45, 7) is 8.78. The molecule has 0 amide bonds. The van der Waals surface area contributed by atoms with Crippen molar-refractivity contribution in [1.82, 2.24) is 0 Å². The zero-order chi connectivity index (χ0) is 14.7. The topological polar surface area (TPSA) is 34.1 Å². The van der Waals surface area contributed by atoms with E-state index in [-0.39, 0.29) is 29.0 Å². The van der Waals surface area contributed by atoms with Crippen molar-refractivity contribution in [1.29, 1.82) is 0 Å². The van der Waals surface area contributed by atoms with Gasteiger partial charge in [0.15, 0.2) is 11.6 Å². The maximum atomic E-state index is 14.0. The number of ketones is 2. The second-order valence-corrected chi connectivity index (χ2v) is 5.27. The monoisotopic (exact) mass is 264 g/mol. The Hall–Kier alpha value is -1.51. The fourth-order valence-electron chi connectivity index (χ4n) is 2.15. The fourth-order valence-corrected chi connectivity index (χ4v) is 2.15. The van der Waals surface area contributed by atoms with Gasteiger partial charge in [0.25, 0.3) is 0 Å². The van der Waals surface area contributed by atoms with Gasteiger partial charge in [-0.25, -0.2) is 4.39 Å². The molecular weight excluding hydrogens is 243 g/mol. The van der Waals surface area contributed by atoms with Crippen molar-refractivity contribution < 1.29 is 14.0 Å². The zero-order valence-electron chi connectivity index (χ0n) is 12.2. The highest BCUT2D eigenvalue weighted by atomic mass is 19.1. The normalized spacial score (nSPS) is 12.6. The molecule has 19 heavy (non-hydrogen) atoms. The second kappa shape index (κ2) is 6.09. The van der Waals surface area contributed by atoms with Gasteiger partial charge in [-0.3, -0.25) is 9.59 Å². The van der Waals surface area contributed by atoms with E-state index < -0.39 is 5.82 Å². The van der Waals surface area contributed by atoms with Crippen molar-refractivity contribution >= 4 is 11.6 Å². The third-order valence-corrected chi connectivity index (χ3v) is 3.46. The molecule has 0 bridgehead atoms. The van der Waals surface area contributed by atoms with Crippen molar-refractivity contribution in [3.63, 3.8) is 0 Å². The van der Waals surface area contributed by atoms with Crippen LogP contribution in [-0.2, 0) is 0 Å². The summed E-state index contributed by atoms with van der Waals surface area (Å²) in [5.74, 6) is -1.10. The molecule has 0 saturated heterocycles. The van der Waals surface area contributed by atoms with Crippen LogP contribution in [0.25, 0.3) is 0 Å². The van der Waals surface area contributed by atoms with Gasteiger partial charge < -0.3 is 0 Å². The number of hydrogen-bond acceptors (Lipinski definition) is 2. The Morgan fingerprint density at radius 1 is 1.21 bits per heavy atom. The minimum atomic E-state index is -0.411. The predicted molar refractivity (Wildman–Crippen MR) is 74.3 cm³/mol. The molecule has 1 aromatic carbocycles. The molecule has 0 fully saturated rings. The average molecular weight is 264 g/mol. The molecule has 0 aliphatic heterocycles. The maximum absolute atomic E-state index is 14.0. The first-order valence-corrected chi connectivity index (χ1v) is 6.68. The Balaban J connectivity index is 3.59. The van der Waals surface area contributed by atoms with Crippen molar-refractivity contribution in [2.24, 2.45) is 5.92 Å². The number of hydrogen-bond donors (Lipinski definition) is 0. The Bertz CT molecular complexity index is 504. The molecule has 1 unspecified atom stereocenters. The van der Waals surface area contributed by atoms with E-state index in [1.54, 1.807) is 6.92 Å². The van der Waals surface area contributed by atoms with Crippen LogP contribution in [0.15, 0.2) is 12.1 Å². The molecule has 1 aromatic rings. The molecular formula is C16H21FO2. The number of Topliss-reactive ketones (excluding diaryl/α,β-unsaturated/α-hetero) is 2. The maximum Gasteiger partial charge on any atom is 0.166 e. The van der Waals surface area contributed by atoms with E-state index in [4.69, 9.17) is 0 Å². The lowest BCUT2D eigenvalue weighted by atomic mass is 9.84. The Labute approximate surface area is 114 Å². The van der Waals surface area contributed by atoms with E-state index in [0.717, 1.165) is 0 Å². The number of halogens is 1. The van der Waals surface area contributed by atoms with Gasteiger partial charge in [0.2, 0.25) is 0 Å². The van der Waals surface area contributed by atoms with E-state index in [1.807, 2.05) is 20.8 Å². The molecule has 2 nitrogen and oxygen atoms in total. The Morgan fingerprint density at radius 2 is 1.79 bits per heavy atom. The van der Waals surface area contributed by atoms with E-state index >= 15 is 0 Å². The molecule has 0 aromatic heterocycles.